The van der Waals surface area contributed by atoms with E-state index >= 15 is 0 Å². The average molecular weight is 300 g/mol. The van der Waals surface area contributed by atoms with E-state index in [9.17, 15) is 4.39 Å². The average Bonchev–Trinajstić information content (AvgIpc) is 2.34. The van der Waals surface area contributed by atoms with Gasteiger partial charge in [0, 0.05) is 10.5 Å². The van der Waals surface area contributed by atoms with Crippen LogP contribution in [0.2, 0.25) is 0 Å². The van der Waals surface area contributed by atoms with Crippen LogP contribution in [0.25, 0.3) is 0 Å². The van der Waals surface area contributed by atoms with E-state index in [0.29, 0.717) is 12.0 Å². The van der Waals surface area contributed by atoms with E-state index in [4.69, 9.17) is 0 Å². The predicted molar refractivity (Wildman–Crippen MR) is 72.6 cm³/mol. The molecule has 1 aliphatic carbocycles. The van der Waals surface area contributed by atoms with E-state index in [1.165, 1.54) is 25.7 Å². The lowest BCUT2D eigenvalue weighted by atomic mass is 9.81. The van der Waals surface area contributed by atoms with Crippen LogP contribution in [0.3, 0.4) is 0 Å². The molecule has 1 aliphatic rings. The van der Waals surface area contributed by atoms with E-state index in [2.05, 4.69) is 21.2 Å². The maximum atomic E-state index is 13.7. The van der Waals surface area contributed by atoms with Crippen LogP contribution in [0, 0.1) is 11.7 Å². The molecule has 1 aromatic rings. The summed E-state index contributed by atoms with van der Waals surface area (Å²) in [4.78, 5) is 0. The zero-order valence-electron chi connectivity index (χ0n) is 10.2. The molecule has 2 unspecified atom stereocenters. The van der Waals surface area contributed by atoms with Gasteiger partial charge in [-0.3, -0.25) is 0 Å². The van der Waals surface area contributed by atoms with Crippen LogP contribution >= 0.6 is 15.9 Å². The highest BCUT2D eigenvalue weighted by atomic mass is 79.9. The topological polar surface area (TPSA) is 12.0 Å². The zero-order chi connectivity index (χ0) is 12.3. The normalized spacial score (nSPS) is 24.9. The minimum absolute atomic E-state index is 0.0753. The Balaban J connectivity index is 2.10. The van der Waals surface area contributed by atoms with Gasteiger partial charge in [-0.1, -0.05) is 28.8 Å². The Morgan fingerprint density at radius 1 is 1.35 bits per heavy atom. The van der Waals surface area contributed by atoms with Crippen LogP contribution in [-0.4, -0.2) is 13.1 Å². The predicted octanol–water partition coefficient (Wildman–Crippen LogP) is 3.91. The molecule has 0 bridgehead atoms. The molecular formula is C14H19BrFN. The molecule has 0 radical (unpaired) electrons. The molecule has 1 aromatic carbocycles. The first-order chi connectivity index (χ1) is 8.20. The summed E-state index contributed by atoms with van der Waals surface area (Å²) in [6.07, 6.45) is 5.84. The summed E-state index contributed by atoms with van der Waals surface area (Å²) in [5.41, 5.74) is 0.839. The van der Waals surface area contributed by atoms with Crippen LogP contribution in [0.4, 0.5) is 4.39 Å². The Bertz CT molecular complexity index is 380. The fourth-order valence-electron chi connectivity index (χ4n) is 2.81. The molecule has 1 N–H and O–H groups in total. The van der Waals surface area contributed by atoms with E-state index in [0.717, 1.165) is 16.5 Å². The summed E-state index contributed by atoms with van der Waals surface area (Å²) >= 11 is 3.41. The second-order valence-corrected chi connectivity index (χ2v) is 5.80. The van der Waals surface area contributed by atoms with Gasteiger partial charge >= 0.3 is 0 Å². The SMILES string of the molecule is CNC1CCCCC1Cc1cc(Br)ccc1F. The number of rotatable bonds is 3. The Labute approximate surface area is 111 Å². The quantitative estimate of drug-likeness (QED) is 0.892. The van der Waals surface area contributed by atoms with Gasteiger partial charge in [-0.15, -0.1) is 0 Å². The van der Waals surface area contributed by atoms with Gasteiger partial charge in [0.1, 0.15) is 5.82 Å². The minimum atomic E-state index is -0.0753. The van der Waals surface area contributed by atoms with Crippen molar-refractivity contribution in [3.63, 3.8) is 0 Å². The van der Waals surface area contributed by atoms with Crippen molar-refractivity contribution < 1.29 is 4.39 Å². The lowest BCUT2D eigenvalue weighted by Gasteiger charge is -2.31. The monoisotopic (exact) mass is 299 g/mol. The zero-order valence-corrected chi connectivity index (χ0v) is 11.8. The first-order valence-electron chi connectivity index (χ1n) is 6.32. The largest absolute Gasteiger partial charge is 0.317 e. The molecule has 17 heavy (non-hydrogen) atoms. The minimum Gasteiger partial charge on any atom is -0.317 e. The Morgan fingerprint density at radius 2 is 2.12 bits per heavy atom. The van der Waals surface area contributed by atoms with Crippen LogP contribution in [0.1, 0.15) is 31.2 Å². The Morgan fingerprint density at radius 3 is 2.88 bits per heavy atom. The third kappa shape index (κ3) is 3.29. The van der Waals surface area contributed by atoms with E-state index in [-0.39, 0.29) is 5.82 Å². The summed E-state index contributed by atoms with van der Waals surface area (Å²) in [5, 5.41) is 3.37. The number of hydrogen-bond acceptors (Lipinski definition) is 1. The van der Waals surface area contributed by atoms with Gasteiger partial charge in [-0.05, 0) is 56.0 Å². The third-order valence-corrected chi connectivity index (χ3v) is 4.26. The molecule has 0 heterocycles. The Hall–Kier alpha value is -0.410. The van der Waals surface area contributed by atoms with Crippen molar-refractivity contribution >= 4 is 15.9 Å². The molecule has 2 rings (SSSR count). The van der Waals surface area contributed by atoms with Crippen molar-refractivity contribution in [2.45, 2.75) is 38.1 Å². The van der Waals surface area contributed by atoms with Gasteiger partial charge in [-0.25, -0.2) is 4.39 Å². The van der Waals surface area contributed by atoms with Gasteiger partial charge in [-0.2, -0.15) is 0 Å². The van der Waals surface area contributed by atoms with Crippen molar-refractivity contribution in [2.24, 2.45) is 5.92 Å². The second kappa shape index (κ2) is 5.96. The summed E-state index contributed by atoms with van der Waals surface area (Å²) in [6.45, 7) is 0. The van der Waals surface area contributed by atoms with Crippen LogP contribution < -0.4 is 5.32 Å². The third-order valence-electron chi connectivity index (χ3n) is 3.77. The van der Waals surface area contributed by atoms with Crippen molar-refractivity contribution in [3.8, 4) is 0 Å². The number of benzene rings is 1. The van der Waals surface area contributed by atoms with Crippen molar-refractivity contribution in [3.05, 3.63) is 34.1 Å². The summed E-state index contributed by atoms with van der Waals surface area (Å²) in [5.74, 6) is 0.492. The highest BCUT2D eigenvalue weighted by molar-refractivity contribution is 9.10. The van der Waals surface area contributed by atoms with Gasteiger partial charge in [0.2, 0.25) is 0 Å². The molecule has 1 saturated carbocycles. The molecule has 0 aliphatic heterocycles. The first-order valence-corrected chi connectivity index (χ1v) is 7.11. The van der Waals surface area contributed by atoms with Crippen LogP contribution in [0.5, 0.6) is 0 Å². The van der Waals surface area contributed by atoms with Crippen LogP contribution in [-0.2, 0) is 6.42 Å². The van der Waals surface area contributed by atoms with Crippen molar-refractivity contribution in [1.82, 2.24) is 5.32 Å². The summed E-state index contributed by atoms with van der Waals surface area (Å²) in [7, 11) is 2.01. The van der Waals surface area contributed by atoms with Crippen molar-refractivity contribution in [1.29, 1.82) is 0 Å². The molecule has 0 aromatic heterocycles. The molecule has 1 nitrogen and oxygen atoms in total. The molecule has 2 atom stereocenters. The molecular weight excluding hydrogens is 281 g/mol. The highest BCUT2D eigenvalue weighted by Crippen LogP contribution is 2.29. The lowest BCUT2D eigenvalue weighted by molar-refractivity contribution is 0.271. The second-order valence-electron chi connectivity index (χ2n) is 4.88. The summed E-state index contributed by atoms with van der Waals surface area (Å²) < 4.78 is 14.7. The van der Waals surface area contributed by atoms with Gasteiger partial charge < -0.3 is 5.32 Å². The maximum absolute atomic E-state index is 13.7. The summed E-state index contributed by atoms with van der Waals surface area (Å²) in [6, 6.07) is 5.77. The maximum Gasteiger partial charge on any atom is 0.126 e. The number of hydrogen-bond donors (Lipinski definition) is 1. The smallest absolute Gasteiger partial charge is 0.126 e. The van der Waals surface area contributed by atoms with Gasteiger partial charge in [0.05, 0.1) is 0 Å². The number of halogens is 2. The fourth-order valence-corrected chi connectivity index (χ4v) is 3.22. The van der Waals surface area contributed by atoms with Crippen molar-refractivity contribution in [2.75, 3.05) is 7.05 Å². The van der Waals surface area contributed by atoms with Gasteiger partial charge in [0.15, 0.2) is 0 Å². The number of nitrogens with one attached hydrogen (secondary N) is 1. The van der Waals surface area contributed by atoms with E-state index < -0.39 is 0 Å². The highest BCUT2D eigenvalue weighted by Gasteiger charge is 2.24. The Kier molecular flexibility index (Phi) is 4.57. The fraction of sp³-hybridized carbons (Fsp3) is 0.571. The molecule has 1 fully saturated rings. The molecule has 0 saturated heterocycles. The van der Waals surface area contributed by atoms with E-state index in [1.807, 2.05) is 13.1 Å². The molecule has 3 heteroatoms. The van der Waals surface area contributed by atoms with Gasteiger partial charge in [0.25, 0.3) is 0 Å². The molecule has 94 valence electrons. The first kappa shape index (κ1) is 13.0. The molecule has 0 amide bonds. The molecule has 0 spiro atoms. The lowest BCUT2D eigenvalue weighted by Crippen LogP contribution is -2.37. The standard InChI is InChI=1S/C14H19BrFN/c1-17-14-5-3-2-4-10(14)8-11-9-12(15)6-7-13(11)16/h6-7,9-10,14,17H,2-5,8H2,1H3. The van der Waals surface area contributed by atoms with E-state index in [1.54, 1.807) is 12.1 Å². The van der Waals surface area contributed by atoms with Crippen LogP contribution in [0.15, 0.2) is 22.7 Å².